The molecule has 0 radical (unpaired) electrons. The smallest absolute Gasteiger partial charge is 0.258 e. The molecule has 3 nitrogen and oxygen atoms in total. The Morgan fingerprint density at radius 3 is 2.89 bits per heavy atom. The van der Waals surface area contributed by atoms with Crippen LogP contribution in [-0.4, -0.2) is 9.97 Å². The van der Waals surface area contributed by atoms with Crippen LogP contribution in [0.2, 0.25) is 0 Å². The maximum absolute atomic E-state index is 12.2. The summed E-state index contributed by atoms with van der Waals surface area (Å²) in [6, 6.07) is 5.65. The number of hydrogen-bond acceptors (Lipinski definition) is 2. The molecule has 1 aliphatic rings. The number of hydrogen-bond donors (Lipinski definition) is 1. The lowest BCUT2D eigenvalue weighted by molar-refractivity contribution is 0.374. The molecule has 1 atom stereocenters. The van der Waals surface area contributed by atoms with Crippen molar-refractivity contribution in [3.8, 4) is 0 Å². The summed E-state index contributed by atoms with van der Waals surface area (Å²) in [4.78, 5) is 19.8. The summed E-state index contributed by atoms with van der Waals surface area (Å²) < 4.78 is 0.905. The molecule has 0 unspecified atom stereocenters. The fourth-order valence-electron chi connectivity index (χ4n) is 2.99. The van der Waals surface area contributed by atoms with Crippen molar-refractivity contribution in [2.24, 2.45) is 5.41 Å². The zero-order valence-corrected chi connectivity index (χ0v) is 12.8. The molecule has 1 heterocycles. The highest BCUT2D eigenvalue weighted by Gasteiger charge is 2.33. The second-order valence-corrected chi connectivity index (χ2v) is 7.13. The van der Waals surface area contributed by atoms with Crippen LogP contribution in [0.5, 0.6) is 0 Å². The predicted molar refractivity (Wildman–Crippen MR) is 80.4 cm³/mol. The van der Waals surface area contributed by atoms with Gasteiger partial charge in [-0.1, -0.05) is 29.8 Å². The third-order valence-corrected chi connectivity index (χ3v) is 4.53. The quantitative estimate of drug-likeness (QED) is 0.863. The molecule has 2 aromatic rings. The molecule has 1 aromatic heterocycles. The topological polar surface area (TPSA) is 45.8 Å². The van der Waals surface area contributed by atoms with E-state index in [9.17, 15) is 4.79 Å². The van der Waals surface area contributed by atoms with Crippen LogP contribution in [-0.2, 0) is 0 Å². The third-order valence-electron chi connectivity index (χ3n) is 4.04. The fraction of sp³-hybridized carbons (Fsp3) is 0.467. The van der Waals surface area contributed by atoms with Crippen molar-refractivity contribution in [1.82, 2.24) is 9.97 Å². The van der Waals surface area contributed by atoms with Crippen molar-refractivity contribution in [2.45, 2.75) is 39.0 Å². The molecule has 1 N–H and O–H groups in total. The molecule has 1 aliphatic carbocycles. The van der Waals surface area contributed by atoms with Crippen LogP contribution in [0.1, 0.15) is 44.9 Å². The molecule has 0 amide bonds. The van der Waals surface area contributed by atoms with Gasteiger partial charge in [-0.25, -0.2) is 4.98 Å². The van der Waals surface area contributed by atoms with Crippen molar-refractivity contribution in [2.75, 3.05) is 0 Å². The molecular formula is C15H17BrN2O. The average Bonchev–Trinajstić information content (AvgIpc) is 2.70. The lowest BCUT2D eigenvalue weighted by Crippen LogP contribution is -2.14. The van der Waals surface area contributed by atoms with Gasteiger partial charge in [0, 0.05) is 10.4 Å². The van der Waals surface area contributed by atoms with Crippen molar-refractivity contribution in [3.63, 3.8) is 0 Å². The van der Waals surface area contributed by atoms with Crippen LogP contribution in [0.3, 0.4) is 0 Å². The van der Waals surface area contributed by atoms with Gasteiger partial charge < -0.3 is 4.98 Å². The maximum Gasteiger partial charge on any atom is 0.258 e. The molecule has 1 saturated carbocycles. The summed E-state index contributed by atoms with van der Waals surface area (Å²) >= 11 is 3.39. The van der Waals surface area contributed by atoms with Crippen molar-refractivity contribution < 1.29 is 0 Å². The summed E-state index contributed by atoms with van der Waals surface area (Å²) in [7, 11) is 0. The molecule has 3 rings (SSSR count). The van der Waals surface area contributed by atoms with E-state index >= 15 is 0 Å². The average molecular weight is 321 g/mol. The minimum absolute atomic E-state index is 0.0361. The second kappa shape index (κ2) is 4.44. The first kappa shape index (κ1) is 12.9. The van der Waals surface area contributed by atoms with Crippen molar-refractivity contribution in [3.05, 3.63) is 38.9 Å². The third kappa shape index (κ3) is 2.46. The predicted octanol–water partition coefficient (Wildman–Crippen LogP) is 3.98. The van der Waals surface area contributed by atoms with E-state index in [-0.39, 0.29) is 5.56 Å². The van der Waals surface area contributed by atoms with Gasteiger partial charge in [0.05, 0.1) is 10.9 Å². The first-order chi connectivity index (χ1) is 8.94. The van der Waals surface area contributed by atoms with Gasteiger partial charge >= 0.3 is 0 Å². The molecule has 1 aromatic carbocycles. The van der Waals surface area contributed by atoms with E-state index in [1.54, 1.807) is 0 Å². The second-order valence-electron chi connectivity index (χ2n) is 6.22. The summed E-state index contributed by atoms with van der Waals surface area (Å²) in [6.07, 6.45) is 3.40. The van der Waals surface area contributed by atoms with Crippen molar-refractivity contribution in [1.29, 1.82) is 0 Å². The molecule has 100 valence electrons. The van der Waals surface area contributed by atoms with Crippen LogP contribution in [0.15, 0.2) is 27.5 Å². The van der Waals surface area contributed by atoms with Gasteiger partial charge in [0.1, 0.15) is 5.82 Å². The zero-order valence-electron chi connectivity index (χ0n) is 11.2. The van der Waals surface area contributed by atoms with Gasteiger partial charge in [-0.2, -0.15) is 0 Å². The molecule has 0 saturated heterocycles. The van der Waals surface area contributed by atoms with E-state index in [2.05, 4.69) is 39.7 Å². The first-order valence-corrected chi connectivity index (χ1v) is 7.43. The Labute approximate surface area is 120 Å². The van der Waals surface area contributed by atoms with E-state index in [0.29, 0.717) is 16.7 Å². The number of aromatic nitrogens is 2. The number of nitrogens with one attached hydrogen (secondary N) is 1. The standard InChI is InChI=1S/C15H17BrN2O/c1-15(2)6-5-9(8-15)13-17-12-4-3-10(16)7-11(12)14(19)18-13/h3-4,7,9H,5-6,8H2,1-2H3,(H,17,18,19)/t9-/m0/s1. The van der Waals surface area contributed by atoms with Gasteiger partial charge in [0.2, 0.25) is 0 Å². The molecule has 4 heteroatoms. The Morgan fingerprint density at radius 1 is 1.42 bits per heavy atom. The Morgan fingerprint density at radius 2 is 2.21 bits per heavy atom. The van der Waals surface area contributed by atoms with Gasteiger partial charge in [-0.3, -0.25) is 4.79 Å². The Kier molecular flexibility index (Phi) is 3.01. The fourth-order valence-corrected chi connectivity index (χ4v) is 3.35. The zero-order chi connectivity index (χ0) is 13.6. The first-order valence-electron chi connectivity index (χ1n) is 6.64. The van der Waals surface area contributed by atoms with Gasteiger partial charge in [-0.05, 0) is 42.9 Å². The normalized spacial score (nSPS) is 21.9. The van der Waals surface area contributed by atoms with Crippen LogP contribution in [0, 0.1) is 5.41 Å². The molecule has 0 bridgehead atoms. The van der Waals surface area contributed by atoms with E-state index in [4.69, 9.17) is 0 Å². The number of rotatable bonds is 1. The number of fused-ring (bicyclic) bond motifs is 1. The number of halogens is 1. The Bertz CT molecular complexity index is 690. The molecule has 19 heavy (non-hydrogen) atoms. The van der Waals surface area contributed by atoms with E-state index in [1.165, 1.54) is 6.42 Å². The number of benzene rings is 1. The summed E-state index contributed by atoms with van der Waals surface area (Å²) in [5, 5.41) is 0.649. The number of aromatic amines is 1. The Hall–Kier alpha value is -1.16. The van der Waals surface area contributed by atoms with E-state index in [1.807, 2.05) is 18.2 Å². The van der Waals surface area contributed by atoms with E-state index in [0.717, 1.165) is 28.7 Å². The van der Waals surface area contributed by atoms with Gasteiger partial charge in [0.15, 0.2) is 0 Å². The van der Waals surface area contributed by atoms with Crippen LogP contribution >= 0.6 is 15.9 Å². The maximum atomic E-state index is 12.2. The molecule has 1 fully saturated rings. The minimum Gasteiger partial charge on any atom is -0.310 e. The van der Waals surface area contributed by atoms with E-state index < -0.39 is 0 Å². The molecular weight excluding hydrogens is 304 g/mol. The number of nitrogens with zero attached hydrogens (tertiary/aromatic N) is 1. The molecule has 0 aliphatic heterocycles. The van der Waals surface area contributed by atoms with Crippen LogP contribution in [0.25, 0.3) is 10.9 Å². The summed E-state index contributed by atoms with van der Waals surface area (Å²) in [5.74, 6) is 1.24. The highest BCUT2D eigenvalue weighted by Crippen LogP contribution is 2.44. The summed E-state index contributed by atoms with van der Waals surface area (Å²) in [5.41, 5.74) is 1.11. The largest absolute Gasteiger partial charge is 0.310 e. The van der Waals surface area contributed by atoms with Crippen LogP contribution in [0.4, 0.5) is 0 Å². The van der Waals surface area contributed by atoms with Crippen LogP contribution < -0.4 is 5.56 Å². The summed E-state index contributed by atoms with van der Waals surface area (Å²) in [6.45, 7) is 4.56. The lowest BCUT2D eigenvalue weighted by atomic mass is 9.90. The van der Waals surface area contributed by atoms with Crippen molar-refractivity contribution >= 4 is 26.8 Å². The van der Waals surface area contributed by atoms with Gasteiger partial charge in [0.25, 0.3) is 5.56 Å². The number of H-pyrrole nitrogens is 1. The minimum atomic E-state index is -0.0361. The lowest BCUT2D eigenvalue weighted by Gasteiger charge is -2.16. The Balaban J connectivity index is 2.07. The monoisotopic (exact) mass is 320 g/mol. The SMILES string of the molecule is CC1(C)CC[C@H](c2nc3ccc(Br)cc3c(=O)[nH]2)C1. The highest BCUT2D eigenvalue weighted by atomic mass is 79.9. The highest BCUT2D eigenvalue weighted by molar-refractivity contribution is 9.10. The van der Waals surface area contributed by atoms with Gasteiger partial charge in [-0.15, -0.1) is 0 Å². The molecule has 0 spiro atoms.